The lowest BCUT2D eigenvalue weighted by atomic mass is 10.2. The summed E-state index contributed by atoms with van der Waals surface area (Å²) in [5, 5.41) is 0. The number of ether oxygens (including phenoxy) is 3. The lowest BCUT2D eigenvalue weighted by Crippen LogP contribution is -2.14. The highest BCUT2D eigenvalue weighted by Gasteiger charge is 2.01. The van der Waals surface area contributed by atoms with Gasteiger partial charge in [-0.3, -0.25) is 4.79 Å². The van der Waals surface area contributed by atoms with Crippen molar-refractivity contribution in [3.05, 3.63) is 0 Å². The molecule has 0 fully saturated rings. The molecule has 0 spiro atoms. The zero-order valence-corrected chi connectivity index (χ0v) is 10.8. The largest absolute Gasteiger partial charge is 0.463 e. The van der Waals surface area contributed by atoms with Gasteiger partial charge in [0.15, 0.2) is 0 Å². The van der Waals surface area contributed by atoms with Crippen LogP contribution < -0.4 is 5.73 Å². The van der Waals surface area contributed by atoms with Crippen molar-refractivity contribution >= 4 is 5.97 Å². The molecule has 0 saturated carbocycles. The predicted molar refractivity (Wildman–Crippen MR) is 65.8 cm³/mol. The summed E-state index contributed by atoms with van der Waals surface area (Å²) in [5.41, 5.74) is 5.25. The number of carbonyl (C=O) groups excluding carboxylic acids is 1. The molecule has 0 aromatic carbocycles. The lowest BCUT2D eigenvalue weighted by Gasteiger charge is -2.06. The fourth-order valence-electron chi connectivity index (χ4n) is 1.21. The van der Waals surface area contributed by atoms with Crippen molar-refractivity contribution in [2.45, 2.75) is 32.6 Å². The zero-order valence-electron chi connectivity index (χ0n) is 10.8. The van der Waals surface area contributed by atoms with E-state index in [0.29, 0.717) is 46.0 Å². The van der Waals surface area contributed by atoms with Gasteiger partial charge in [0.05, 0.1) is 26.4 Å². The van der Waals surface area contributed by atoms with Gasteiger partial charge in [0, 0.05) is 13.0 Å². The van der Waals surface area contributed by atoms with Gasteiger partial charge in [-0.1, -0.05) is 19.8 Å². The van der Waals surface area contributed by atoms with Crippen LogP contribution in [0.1, 0.15) is 32.6 Å². The van der Waals surface area contributed by atoms with Gasteiger partial charge in [-0.05, 0) is 6.42 Å². The van der Waals surface area contributed by atoms with E-state index >= 15 is 0 Å². The Kier molecular flexibility index (Phi) is 12.9. The van der Waals surface area contributed by atoms with Gasteiger partial charge in [-0.2, -0.15) is 0 Å². The van der Waals surface area contributed by atoms with Gasteiger partial charge in [0.25, 0.3) is 0 Å². The average Bonchev–Trinajstić information content (AvgIpc) is 2.33. The molecule has 0 aromatic rings. The second-order valence-corrected chi connectivity index (χ2v) is 3.69. The Morgan fingerprint density at radius 3 is 2.29 bits per heavy atom. The van der Waals surface area contributed by atoms with E-state index in [9.17, 15) is 4.79 Å². The summed E-state index contributed by atoms with van der Waals surface area (Å²) in [6, 6.07) is 0. The van der Waals surface area contributed by atoms with Crippen molar-refractivity contribution in [2.24, 2.45) is 5.73 Å². The molecule has 5 nitrogen and oxygen atoms in total. The Hall–Kier alpha value is -0.650. The van der Waals surface area contributed by atoms with E-state index in [1.807, 2.05) is 0 Å². The van der Waals surface area contributed by atoms with Crippen molar-refractivity contribution in [3.8, 4) is 0 Å². The smallest absolute Gasteiger partial charge is 0.305 e. The van der Waals surface area contributed by atoms with Gasteiger partial charge in [-0.25, -0.2) is 0 Å². The van der Waals surface area contributed by atoms with Crippen LogP contribution in [0.5, 0.6) is 0 Å². The summed E-state index contributed by atoms with van der Waals surface area (Å²) < 4.78 is 15.3. The van der Waals surface area contributed by atoms with Gasteiger partial charge in [-0.15, -0.1) is 0 Å². The number of unbranched alkanes of at least 4 members (excludes halogenated alkanes) is 2. The molecular weight excluding hydrogens is 222 g/mol. The molecule has 0 aliphatic carbocycles. The average molecular weight is 247 g/mol. The van der Waals surface area contributed by atoms with Crippen molar-refractivity contribution in [2.75, 3.05) is 39.6 Å². The first kappa shape index (κ1) is 16.4. The molecule has 102 valence electrons. The van der Waals surface area contributed by atoms with E-state index in [4.69, 9.17) is 19.9 Å². The van der Waals surface area contributed by atoms with Gasteiger partial charge >= 0.3 is 5.97 Å². The van der Waals surface area contributed by atoms with E-state index in [0.717, 1.165) is 19.3 Å². The maximum atomic E-state index is 11.2. The molecule has 5 heteroatoms. The Morgan fingerprint density at radius 1 is 1.00 bits per heavy atom. The summed E-state index contributed by atoms with van der Waals surface area (Å²) in [5.74, 6) is -0.138. The first-order chi connectivity index (χ1) is 8.31. The summed E-state index contributed by atoms with van der Waals surface area (Å²) in [7, 11) is 0. The first-order valence-electron chi connectivity index (χ1n) is 6.32. The normalized spacial score (nSPS) is 10.5. The molecule has 17 heavy (non-hydrogen) atoms. The molecule has 0 unspecified atom stereocenters. The third kappa shape index (κ3) is 13.3. The molecule has 2 N–H and O–H groups in total. The summed E-state index contributed by atoms with van der Waals surface area (Å²) >= 11 is 0. The molecule has 0 saturated heterocycles. The summed E-state index contributed by atoms with van der Waals surface area (Å²) in [6.07, 6.45) is 3.60. The summed E-state index contributed by atoms with van der Waals surface area (Å²) in [6.45, 7) is 4.96. The van der Waals surface area contributed by atoms with E-state index in [1.54, 1.807) is 0 Å². The van der Waals surface area contributed by atoms with E-state index < -0.39 is 0 Å². The van der Waals surface area contributed by atoms with Crippen molar-refractivity contribution < 1.29 is 19.0 Å². The molecule has 0 amide bonds. The number of hydrogen-bond donors (Lipinski definition) is 1. The van der Waals surface area contributed by atoms with Gasteiger partial charge in [0.2, 0.25) is 0 Å². The van der Waals surface area contributed by atoms with Crippen molar-refractivity contribution in [1.82, 2.24) is 0 Å². The van der Waals surface area contributed by atoms with Gasteiger partial charge < -0.3 is 19.9 Å². The standard InChI is InChI=1S/C12H25NO4/c1-2-3-4-5-12(14)17-11-10-16-9-8-15-7-6-13/h2-11,13H2,1H3. The number of hydrogen-bond acceptors (Lipinski definition) is 5. The maximum Gasteiger partial charge on any atom is 0.305 e. The van der Waals surface area contributed by atoms with Crippen molar-refractivity contribution in [1.29, 1.82) is 0 Å². The van der Waals surface area contributed by atoms with Crippen LogP contribution in [0.4, 0.5) is 0 Å². The zero-order chi connectivity index (χ0) is 12.8. The SMILES string of the molecule is CCCCCC(=O)OCCOCCOCCN. The fraction of sp³-hybridized carbons (Fsp3) is 0.917. The minimum Gasteiger partial charge on any atom is -0.463 e. The lowest BCUT2D eigenvalue weighted by molar-refractivity contribution is -0.145. The Morgan fingerprint density at radius 2 is 1.65 bits per heavy atom. The van der Waals surface area contributed by atoms with Gasteiger partial charge in [0.1, 0.15) is 6.61 Å². The monoisotopic (exact) mass is 247 g/mol. The third-order valence-electron chi connectivity index (χ3n) is 2.11. The Labute approximate surface area is 104 Å². The topological polar surface area (TPSA) is 70.8 Å². The third-order valence-corrected chi connectivity index (χ3v) is 2.11. The molecular formula is C12H25NO4. The van der Waals surface area contributed by atoms with Crippen LogP contribution in [0.25, 0.3) is 0 Å². The van der Waals surface area contributed by atoms with Crippen LogP contribution in [-0.4, -0.2) is 45.5 Å². The van der Waals surface area contributed by atoms with Crippen LogP contribution in [-0.2, 0) is 19.0 Å². The van der Waals surface area contributed by atoms with Crippen LogP contribution >= 0.6 is 0 Å². The number of carbonyl (C=O) groups is 1. The molecule has 0 aliphatic heterocycles. The Balaban J connectivity index is 3.08. The minimum absolute atomic E-state index is 0.138. The quantitative estimate of drug-likeness (QED) is 0.413. The van der Waals surface area contributed by atoms with E-state index in [2.05, 4.69) is 6.92 Å². The molecule has 0 aromatic heterocycles. The molecule has 0 rings (SSSR count). The van der Waals surface area contributed by atoms with E-state index in [1.165, 1.54) is 0 Å². The van der Waals surface area contributed by atoms with Crippen LogP contribution in [0.3, 0.4) is 0 Å². The fourth-order valence-corrected chi connectivity index (χ4v) is 1.21. The number of esters is 1. The van der Waals surface area contributed by atoms with Crippen LogP contribution in [0, 0.1) is 0 Å². The van der Waals surface area contributed by atoms with Crippen LogP contribution in [0.15, 0.2) is 0 Å². The van der Waals surface area contributed by atoms with Crippen LogP contribution in [0.2, 0.25) is 0 Å². The highest BCUT2D eigenvalue weighted by Crippen LogP contribution is 2.00. The second kappa shape index (κ2) is 13.4. The predicted octanol–water partition coefficient (Wildman–Crippen LogP) is 1.10. The molecule has 0 bridgehead atoms. The number of nitrogens with two attached hydrogens (primary N) is 1. The molecule has 0 aliphatic rings. The maximum absolute atomic E-state index is 11.2. The second-order valence-electron chi connectivity index (χ2n) is 3.69. The molecule has 0 radical (unpaired) electrons. The minimum atomic E-state index is -0.138. The molecule has 0 heterocycles. The highest BCUT2D eigenvalue weighted by molar-refractivity contribution is 5.69. The number of rotatable bonds is 12. The van der Waals surface area contributed by atoms with Crippen molar-refractivity contribution in [3.63, 3.8) is 0 Å². The van der Waals surface area contributed by atoms with E-state index in [-0.39, 0.29) is 5.97 Å². The summed E-state index contributed by atoms with van der Waals surface area (Å²) in [4.78, 5) is 11.2. The Bertz CT molecular complexity index is 176. The highest BCUT2D eigenvalue weighted by atomic mass is 16.6. The first-order valence-corrected chi connectivity index (χ1v) is 6.32. The molecule has 0 atom stereocenters.